The van der Waals surface area contributed by atoms with Crippen molar-refractivity contribution in [2.75, 3.05) is 6.54 Å². The molecule has 0 atom stereocenters. The van der Waals surface area contributed by atoms with E-state index in [2.05, 4.69) is 15.3 Å². The van der Waals surface area contributed by atoms with E-state index in [-0.39, 0.29) is 5.69 Å². The predicted molar refractivity (Wildman–Crippen MR) is 112 cm³/mol. The van der Waals surface area contributed by atoms with Crippen LogP contribution in [0.2, 0.25) is 0 Å². The average Bonchev–Trinajstić information content (AvgIpc) is 3.10. The maximum atomic E-state index is 12.2. The molecule has 3 N–H and O–H groups in total. The number of rotatable bonds is 6. The van der Waals surface area contributed by atoms with E-state index in [4.69, 9.17) is 9.84 Å². The Morgan fingerprint density at radius 1 is 1.17 bits per heavy atom. The number of aryl methyl sites for hydroxylation is 1. The maximum absolute atomic E-state index is 12.2. The lowest BCUT2D eigenvalue weighted by Gasteiger charge is -2.12. The minimum atomic E-state index is -1.16. The zero-order valence-corrected chi connectivity index (χ0v) is 16.7. The number of carboxylic acids is 1. The minimum absolute atomic E-state index is 0.00839. The Kier molecular flexibility index (Phi) is 5.30. The van der Waals surface area contributed by atoms with Crippen molar-refractivity contribution in [2.45, 2.75) is 13.5 Å². The number of nitrogens with one attached hydrogen (secondary N) is 1. The lowest BCUT2D eigenvalue weighted by molar-refractivity contribution is -0.135. The number of hydrogen-bond acceptors (Lipinski definition) is 7. The van der Waals surface area contributed by atoms with Gasteiger partial charge < -0.3 is 20.3 Å². The summed E-state index contributed by atoms with van der Waals surface area (Å²) in [6.45, 7) is 1.01. The number of carbonyl (C=O) groups is 2. The number of carboxylic acid groups (broad SMARTS) is 1. The van der Waals surface area contributed by atoms with Gasteiger partial charge in [-0.05, 0) is 36.6 Å². The zero-order valence-electron chi connectivity index (χ0n) is 15.9. The molecule has 2 aromatic heterocycles. The van der Waals surface area contributed by atoms with Crippen molar-refractivity contribution in [3.63, 3.8) is 0 Å². The second-order valence-electron chi connectivity index (χ2n) is 6.53. The number of fused-ring (bicyclic) bond motifs is 2. The fourth-order valence-corrected chi connectivity index (χ4v) is 4.00. The van der Waals surface area contributed by atoms with Gasteiger partial charge in [-0.1, -0.05) is 6.07 Å². The third-order valence-electron chi connectivity index (χ3n) is 4.44. The van der Waals surface area contributed by atoms with Crippen molar-refractivity contribution in [3.05, 3.63) is 58.9 Å². The molecule has 0 aliphatic carbocycles. The number of aromatic nitrogens is 2. The minimum Gasteiger partial charge on any atom is -0.480 e. The Labute approximate surface area is 174 Å². The summed E-state index contributed by atoms with van der Waals surface area (Å²) in [7, 11) is 0. The molecule has 8 nitrogen and oxygen atoms in total. The lowest BCUT2D eigenvalue weighted by atomic mass is 10.0. The van der Waals surface area contributed by atoms with Crippen LogP contribution in [0.25, 0.3) is 21.0 Å². The molecule has 2 heterocycles. The topological polar surface area (TPSA) is 122 Å². The molecule has 0 spiro atoms. The molecular formula is C21H17N3O5S. The normalized spacial score (nSPS) is 11.0. The summed E-state index contributed by atoms with van der Waals surface area (Å²) in [6, 6.07) is 10.9. The van der Waals surface area contributed by atoms with Gasteiger partial charge in [0.05, 0.1) is 21.8 Å². The molecule has 30 heavy (non-hydrogen) atoms. The highest BCUT2D eigenvalue weighted by Crippen LogP contribution is 2.31. The van der Waals surface area contributed by atoms with Gasteiger partial charge in [0.1, 0.15) is 23.7 Å². The molecule has 9 heteroatoms. The number of pyridine rings is 1. The van der Waals surface area contributed by atoms with E-state index in [9.17, 15) is 14.7 Å². The smallest absolute Gasteiger partial charge is 0.322 e. The molecule has 0 unspecified atom stereocenters. The van der Waals surface area contributed by atoms with Crippen LogP contribution in [0.4, 0.5) is 0 Å². The van der Waals surface area contributed by atoms with Crippen molar-refractivity contribution < 1.29 is 24.5 Å². The number of amides is 1. The predicted octanol–water partition coefficient (Wildman–Crippen LogP) is 3.25. The lowest BCUT2D eigenvalue weighted by Crippen LogP contribution is -2.30. The highest BCUT2D eigenvalue weighted by molar-refractivity contribution is 7.18. The summed E-state index contributed by atoms with van der Waals surface area (Å²) < 4.78 is 7.00. The second-order valence-corrected chi connectivity index (χ2v) is 7.77. The number of aliphatic carboxylic acids is 1. The van der Waals surface area contributed by atoms with Gasteiger partial charge >= 0.3 is 5.97 Å². The molecule has 152 valence electrons. The van der Waals surface area contributed by atoms with Crippen LogP contribution < -0.4 is 10.1 Å². The zero-order chi connectivity index (χ0) is 21.3. The molecule has 4 aromatic rings. The number of ether oxygens (including phenoxy) is 1. The Bertz CT molecular complexity index is 1280. The van der Waals surface area contributed by atoms with Gasteiger partial charge in [-0.25, -0.2) is 4.98 Å². The van der Waals surface area contributed by atoms with Gasteiger partial charge in [-0.3, -0.25) is 14.6 Å². The summed E-state index contributed by atoms with van der Waals surface area (Å²) in [6.07, 6.45) is 1.49. The molecule has 0 aliphatic rings. The van der Waals surface area contributed by atoms with Crippen LogP contribution in [-0.2, 0) is 11.4 Å². The number of thiazole rings is 1. The first-order valence-corrected chi connectivity index (χ1v) is 9.84. The summed E-state index contributed by atoms with van der Waals surface area (Å²) in [4.78, 5) is 31.4. The number of aliphatic hydroxyl groups is 1. The van der Waals surface area contributed by atoms with Crippen molar-refractivity contribution in [1.29, 1.82) is 0 Å². The van der Waals surface area contributed by atoms with Crippen LogP contribution in [0.15, 0.2) is 42.6 Å². The first kappa shape index (κ1) is 19.7. The highest BCUT2D eigenvalue weighted by atomic mass is 32.1. The fraction of sp³-hybridized carbons (Fsp3) is 0.143. The van der Waals surface area contributed by atoms with Crippen molar-refractivity contribution in [2.24, 2.45) is 0 Å². The quantitative estimate of drug-likeness (QED) is 0.435. The van der Waals surface area contributed by atoms with Crippen LogP contribution >= 0.6 is 11.3 Å². The maximum Gasteiger partial charge on any atom is 0.322 e. The van der Waals surface area contributed by atoms with Crippen molar-refractivity contribution >= 4 is 44.2 Å². The average molecular weight is 423 g/mol. The molecule has 4 rings (SSSR count). The third-order valence-corrected chi connectivity index (χ3v) is 5.38. The molecule has 0 bridgehead atoms. The van der Waals surface area contributed by atoms with Crippen LogP contribution in [0.1, 0.15) is 21.1 Å². The van der Waals surface area contributed by atoms with Crippen LogP contribution in [-0.4, -0.2) is 38.6 Å². The van der Waals surface area contributed by atoms with E-state index < -0.39 is 25.0 Å². The number of hydrogen-bond donors (Lipinski definition) is 3. The van der Waals surface area contributed by atoms with Crippen molar-refractivity contribution in [3.8, 4) is 11.5 Å². The van der Waals surface area contributed by atoms with Crippen LogP contribution in [0.3, 0.4) is 0 Å². The highest BCUT2D eigenvalue weighted by Gasteiger charge is 2.17. The molecule has 0 saturated carbocycles. The van der Waals surface area contributed by atoms with E-state index in [1.54, 1.807) is 29.5 Å². The number of carbonyl (C=O) groups excluding carboxylic acids is 1. The van der Waals surface area contributed by atoms with Gasteiger partial charge in [-0.2, -0.15) is 0 Å². The first-order chi connectivity index (χ1) is 14.4. The van der Waals surface area contributed by atoms with Gasteiger partial charge in [-0.15, -0.1) is 11.3 Å². The van der Waals surface area contributed by atoms with Crippen LogP contribution in [0, 0.1) is 6.92 Å². The SMILES string of the molecule is Cc1nc2ccc(Oc3ccc4c(CO)c(C(=O)NCC(=O)O)ncc4c3)cc2s1. The largest absolute Gasteiger partial charge is 0.480 e. The molecule has 0 saturated heterocycles. The summed E-state index contributed by atoms with van der Waals surface area (Å²) in [5.74, 6) is -0.567. The van der Waals surface area contributed by atoms with Gasteiger partial charge in [0.25, 0.3) is 5.91 Å². The van der Waals surface area contributed by atoms with E-state index in [1.807, 2.05) is 25.1 Å². The Hall–Kier alpha value is -3.56. The fourth-order valence-electron chi connectivity index (χ4n) is 3.14. The Morgan fingerprint density at radius 3 is 2.70 bits per heavy atom. The first-order valence-electron chi connectivity index (χ1n) is 9.02. The number of benzene rings is 2. The summed E-state index contributed by atoms with van der Waals surface area (Å²) in [5.41, 5.74) is 1.24. The van der Waals surface area contributed by atoms with Gasteiger partial charge in [0, 0.05) is 23.2 Å². The Balaban J connectivity index is 1.64. The Morgan fingerprint density at radius 2 is 1.93 bits per heavy atom. The van der Waals surface area contributed by atoms with Crippen LogP contribution in [0.5, 0.6) is 11.5 Å². The second kappa shape index (κ2) is 8.05. The van der Waals surface area contributed by atoms with E-state index in [0.717, 1.165) is 15.2 Å². The molecular weight excluding hydrogens is 406 g/mol. The molecule has 2 aromatic carbocycles. The molecule has 0 radical (unpaired) electrons. The van der Waals surface area contributed by atoms with Crippen molar-refractivity contribution in [1.82, 2.24) is 15.3 Å². The molecule has 0 fully saturated rings. The van der Waals surface area contributed by atoms with E-state index in [0.29, 0.717) is 27.8 Å². The van der Waals surface area contributed by atoms with E-state index >= 15 is 0 Å². The molecule has 1 amide bonds. The summed E-state index contributed by atoms with van der Waals surface area (Å²) in [5, 5.41) is 23.1. The number of aliphatic hydroxyl groups excluding tert-OH is 1. The standard InChI is InChI=1S/C21H17N3O5S/c1-11-24-17-5-3-14(7-18(17)30-11)29-13-2-4-15-12(6-13)8-22-20(16(15)10-25)21(28)23-9-19(26)27/h2-8,25H,9-10H2,1H3,(H,23,28)(H,26,27). The van der Waals surface area contributed by atoms with Gasteiger partial charge in [0.15, 0.2) is 0 Å². The summed E-state index contributed by atoms with van der Waals surface area (Å²) >= 11 is 1.59. The monoisotopic (exact) mass is 423 g/mol. The molecule has 0 aliphatic heterocycles. The van der Waals surface area contributed by atoms with Gasteiger partial charge in [0.2, 0.25) is 0 Å². The third kappa shape index (κ3) is 3.93. The number of nitrogens with zero attached hydrogens (tertiary/aromatic N) is 2. The van der Waals surface area contributed by atoms with E-state index in [1.165, 1.54) is 6.20 Å².